The van der Waals surface area contributed by atoms with E-state index in [-0.39, 0.29) is 0 Å². The maximum absolute atomic E-state index is 4.95. The van der Waals surface area contributed by atoms with Crippen LogP contribution in [0.1, 0.15) is 17.0 Å². The Hall–Kier alpha value is -2.17. The summed E-state index contributed by atoms with van der Waals surface area (Å²) >= 11 is 0. The molecule has 2 rings (SSSR count). The van der Waals surface area contributed by atoms with E-state index in [1.807, 2.05) is 26.0 Å². The fourth-order valence-corrected chi connectivity index (χ4v) is 1.61. The van der Waals surface area contributed by atoms with Crippen molar-refractivity contribution in [3.63, 3.8) is 0 Å². The third-order valence-corrected chi connectivity index (χ3v) is 2.64. The van der Waals surface area contributed by atoms with E-state index < -0.39 is 0 Å². The molecule has 0 amide bonds. The molecule has 1 N–H and O–H groups in total. The fraction of sp³-hybridized carbons (Fsp3) is 0.308. The SMILES string of the molecule is COc1ccc(NCc2ccc(C)nc2C)nn1. The molecule has 0 aromatic carbocycles. The molecular formula is C13H16N4O. The van der Waals surface area contributed by atoms with Gasteiger partial charge in [-0.05, 0) is 31.5 Å². The molecule has 18 heavy (non-hydrogen) atoms. The van der Waals surface area contributed by atoms with Gasteiger partial charge in [-0.15, -0.1) is 10.2 Å². The van der Waals surface area contributed by atoms with E-state index >= 15 is 0 Å². The summed E-state index contributed by atoms with van der Waals surface area (Å²) in [4.78, 5) is 4.42. The number of nitrogens with zero attached hydrogens (tertiary/aromatic N) is 3. The van der Waals surface area contributed by atoms with Gasteiger partial charge in [-0.1, -0.05) is 6.07 Å². The molecule has 0 saturated heterocycles. The molecule has 2 heterocycles. The van der Waals surface area contributed by atoms with Gasteiger partial charge in [-0.3, -0.25) is 4.98 Å². The average Bonchev–Trinajstić information content (AvgIpc) is 2.38. The molecule has 0 atom stereocenters. The first-order chi connectivity index (χ1) is 8.69. The van der Waals surface area contributed by atoms with Crippen molar-refractivity contribution in [1.82, 2.24) is 15.2 Å². The number of pyridine rings is 1. The minimum atomic E-state index is 0.508. The Labute approximate surface area is 106 Å². The van der Waals surface area contributed by atoms with Crippen molar-refractivity contribution < 1.29 is 4.74 Å². The van der Waals surface area contributed by atoms with E-state index in [0.717, 1.165) is 22.8 Å². The van der Waals surface area contributed by atoms with Crippen LogP contribution in [0.25, 0.3) is 0 Å². The maximum atomic E-state index is 4.95. The molecule has 0 aliphatic carbocycles. The average molecular weight is 244 g/mol. The normalized spacial score (nSPS) is 10.2. The second-order valence-electron chi connectivity index (χ2n) is 4.01. The lowest BCUT2D eigenvalue weighted by atomic mass is 10.2. The third kappa shape index (κ3) is 2.94. The molecule has 0 saturated carbocycles. The van der Waals surface area contributed by atoms with Crippen LogP contribution >= 0.6 is 0 Å². The highest BCUT2D eigenvalue weighted by atomic mass is 16.5. The van der Waals surface area contributed by atoms with Crippen LogP contribution in [0.15, 0.2) is 24.3 Å². The molecule has 5 heteroatoms. The van der Waals surface area contributed by atoms with E-state index in [2.05, 4.69) is 26.6 Å². The standard InChI is InChI=1S/C13H16N4O/c1-9-4-5-11(10(2)15-9)8-14-12-6-7-13(18-3)17-16-12/h4-7H,8H2,1-3H3,(H,14,16). The van der Waals surface area contributed by atoms with Crippen LogP contribution in [0.3, 0.4) is 0 Å². The first-order valence-corrected chi connectivity index (χ1v) is 5.74. The first kappa shape index (κ1) is 12.3. The highest BCUT2D eigenvalue weighted by Crippen LogP contribution is 2.11. The molecule has 94 valence electrons. The minimum absolute atomic E-state index is 0.508. The Bertz CT molecular complexity index is 525. The lowest BCUT2D eigenvalue weighted by Crippen LogP contribution is -2.05. The lowest BCUT2D eigenvalue weighted by molar-refractivity contribution is 0.392. The van der Waals surface area contributed by atoms with E-state index in [1.54, 1.807) is 13.2 Å². The summed E-state index contributed by atoms with van der Waals surface area (Å²) in [5, 5.41) is 11.1. The second-order valence-corrected chi connectivity index (χ2v) is 4.01. The van der Waals surface area contributed by atoms with Crippen molar-refractivity contribution in [2.75, 3.05) is 12.4 Å². The van der Waals surface area contributed by atoms with Crippen molar-refractivity contribution in [3.05, 3.63) is 41.2 Å². The van der Waals surface area contributed by atoms with Gasteiger partial charge in [0.05, 0.1) is 7.11 Å². The molecule has 0 bridgehead atoms. The molecule has 0 fully saturated rings. The molecule has 2 aromatic heterocycles. The summed E-state index contributed by atoms with van der Waals surface area (Å²) in [6, 6.07) is 7.68. The van der Waals surface area contributed by atoms with Crippen molar-refractivity contribution in [2.45, 2.75) is 20.4 Å². The molecule has 0 radical (unpaired) electrons. The fourth-order valence-electron chi connectivity index (χ4n) is 1.61. The number of aryl methyl sites for hydroxylation is 2. The predicted molar refractivity (Wildman–Crippen MR) is 69.6 cm³/mol. The van der Waals surface area contributed by atoms with Crippen molar-refractivity contribution in [3.8, 4) is 5.88 Å². The van der Waals surface area contributed by atoms with Gasteiger partial charge in [0.15, 0.2) is 0 Å². The lowest BCUT2D eigenvalue weighted by Gasteiger charge is -2.08. The van der Waals surface area contributed by atoms with Crippen LogP contribution in [0.4, 0.5) is 5.82 Å². The van der Waals surface area contributed by atoms with E-state index in [1.165, 1.54) is 0 Å². The quantitative estimate of drug-likeness (QED) is 0.892. The highest BCUT2D eigenvalue weighted by molar-refractivity contribution is 5.36. The molecule has 0 unspecified atom stereocenters. The number of rotatable bonds is 4. The predicted octanol–water partition coefficient (Wildman–Crippen LogP) is 2.11. The van der Waals surface area contributed by atoms with Crippen molar-refractivity contribution in [2.24, 2.45) is 0 Å². The summed E-state index contributed by atoms with van der Waals surface area (Å²) in [7, 11) is 1.57. The van der Waals surface area contributed by atoms with Gasteiger partial charge in [0.1, 0.15) is 5.82 Å². The van der Waals surface area contributed by atoms with Gasteiger partial charge in [-0.25, -0.2) is 0 Å². The van der Waals surface area contributed by atoms with Crippen molar-refractivity contribution in [1.29, 1.82) is 0 Å². The Balaban J connectivity index is 2.02. The third-order valence-electron chi connectivity index (χ3n) is 2.64. The van der Waals surface area contributed by atoms with Crippen molar-refractivity contribution >= 4 is 5.82 Å². The monoisotopic (exact) mass is 244 g/mol. The van der Waals surface area contributed by atoms with Gasteiger partial charge in [0.25, 0.3) is 0 Å². The minimum Gasteiger partial charge on any atom is -0.480 e. The van der Waals surface area contributed by atoms with Gasteiger partial charge >= 0.3 is 0 Å². The smallest absolute Gasteiger partial charge is 0.233 e. The van der Waals surface area contributed by atoms with Crippen LogP contribution in [0.5, 0.6) is 5.88 Å². The Morgan fingerprint density at radius 2 is 1.94 bits per heavy atom. The number of hydrogen-bond donors (Lipinski definition) is 1. The number of methoxy groups -OCH3 is 1. The largest absolute Gasteiger partial charge is 0.480 e. The molecule has 5 nitrogen and oxygen atoms in total. The second kappa shape index (κ2) is 5.44. The number of aromatic nitrogens is 3. The number of nitrogens with one attached hydrogen (secondary N) is 1. The van der Waals surface area contributed by atoms with Crippen LogP contribution in [-0.2, 0) is 6.54 Å². The zero-order valence-electron chi connectivity index (χ0n) is 10.8. The van der Waals surface area contributed by atoms with Crippen LogP contribution < -0.4 is 10.1 Å². The first-order valence-electron chi connectivity index (χ1n) is 5.74. The molecule has 0 aliphatic rings. The van der Waals surface area contributed by atoms with E-state index in [0.29, 0.717) is 12.4 Å². The summed E-state index contributed by atoms with van der Waals surface area (Å²) in [6.07, 6.45) is 0. The van der Waals surface area contributed by atoms with Crippen LogP contribution in [-0.4, -0.2) is 22.3 Å². The van der Waals surface area contributed by atoms with Gasteiger partial charge in [0, 0.05) is 24.0 Å². The molecule has 0 spiro atoms. The summed E-state index contributed by atoms with van der Waals surface area (Å²) < 4.78 is 4.95. The Morgan fingerprint density at radius 1 is 1.11 bits per heavy atom. The van der Waals surface area contributed by atoms with E-state index in [4.69, 9.17) is 4.74 Å². The van der Waals surface area contributed by atoms with Crippen LogP contribution in [0.2, 0.25) is 0 Å². The Morgan fingerprint density at radius 3 is 2.56 bits per heavy atom. The van der Waals surface area contributed by atoms with Gasteiger partial charge in [0.2, 0.25) is 5.88 Å². The summed E-state index contributed by atoms with van der Waals surface area (Å²) in [5.74, 6) is 1.23. The number of hydrogen-bond acceptors (Lipinski definition) is 5. The van der Waals surface area contributed by atoms with E-state index in [9.17, 15) is 0 Å². The highest BCUT2D eigenvalue weighted by Gasteiger charge is 2.01. The van der Waals surface area contributed by atoms with Gasteiger partial charge < -0.3 is 10.1 Å². The summed E-state index contributed by atoms with van der Waals surface area (Å²) in [5.41, 5.74) is 3.21. The number of anilines is 1. The molecule has 2 aromatic rings. The Kier molecular flexibility index (Phi) is 3.72. The zero-order chi connectivity index (χ0) is 13.0. The number of ether oxygens (including phenoxy) is 1. The van der Waals surface area contributed by atoms with Crippen LogP contribution in [0, 0.1) is 13.8 Å². The molecule has 0 aliphatic heterocycles. The van der Waals surface area contributed by atoms with Gasteiger partial charge in [-0.2, -0.15) is 0 Å². The maximum Gasteiger partial charge on any atom is 0.233 e. The summed E-state index contributed by atoms with van der Waals surface area (Å²) in [6.45, 7) is 4.67. The molecular weight excluding hydrogens is 228 g/mol. The topological polar surface area (TPSA) is 59.9 Å². The zero-order valence-corrected chi connectivity index (χ0v) is 10.8.